The average Bonchev–Trinajstić information content (AvgIpc) is 2.40. The first-order chi connectivity index (χ1) is 9.79. The number of hydrogen-bond donors (Lipinski definition) is 2. The fourth-order valence-corrected chi connectivity index (χ4v) is 3.69. The summed E-state index contributed by atoms with van der Waals surface area (Å²) >= 11 is 0. The van der Waals surface area contributed by atoms with Crippen molar-refractivity contribution in [1.29, 1.82) is 0 Å². The van der Waals surface area contributed by atoms with Crippen LogP contribution in [0.5, 0.6) is 5.75 Å². The summed E-state index contributed by atoms with van der Waals surface area (Å²) in [6.45, 7) is 2.84. The average molecular weight is 315 g/mol. The molecule has 2 N–H and O–H groups in total. The molecular weight excluding hydrogens is 298 g/mol. The van der Waals surface area contributed by atoms with Gasteiger partial charge in [0.15, 0.2) is 5.75 Å². The first kappa shape index (κ1) is 15.5. The number of aromatic hydroxyl groups is 1. The second kappa shape index (κ2) is 5.86. The van der Waals surface area contributed by atoms with Crippen LogP contribution in [0.4, 0.5) is 11.4 Å². The summed E-state index contributed by atoms with van der Waals surface area (Å²) in [6, 6.07) is 3.38. The van der Waals surface area contributed by atoms with Crippen molar-refractivity contribution in [2.45, 2.75) is 19.8 Å². The summed E-state index contributed by atoms with van der Waals surface area (Å²) in [5, 5.41) is 20.1. The number of phenolic OH excluding ortho intramolecular Hbond substituents is 1. The molecule has 1 aliphatic heterocycles. The fourth-order valence-electron chi connectivity index (χ4n) is 2.31. The number of nitrogens with zero attached hydrogens (tertiary/aromatic N) is 2. The molecule has 1 aliphatic rings. The Labute approximate surface area is 122 Å². The van der Waals surface area contributed by atoms with Gasteiger partial charge in [-0.05, 0) is 30.9 Å². The maximum absolute atomic E-state index is 12.2. The minimum atomic E-state index is -3.75. The maximum atomic E-state index is 12.2. The van der Waals surface area contributed by atoms with Gasteiger partial charge in [0.05, 0.1) is 10.6 Å². The fraction of sp³-hybridized carbons (Fsp3) is 0.500. The SMILES string of the molecule is CC1CCCN(S(=O)(=O)Nc2ccc(O)c([N+](=O)[O-])c2)C1. The normalized spacial score (nSPS) is 20.1. The van der Waals surface area contributed by atoms with Crippen molar-refractivity contribution in [3.8, 4) is 5.75 Å². The molecular formula is C12H17N3O5S. The van der Waals surface area contributed by atoms with Crippen molar-refractivity contribution in [2.75, 3.05) is 17.8 Å². The molecule has 9 heteroatoms. The molecule has 0 amide bonds. The maximum Gasteiger partial charge on any atom is 0.312 e. The highest BCUT2D eigenvalue weighted by Crippen LogP contribution is 2.29. The Bertz CT molecular complexity index is 646. The third-order valence-corrected chi connectivity index (χ3v) is 4.88. The molecule has 0 aromatic heterocycles. The van der Waals surface area contributed by atoms with Crippen LogP contribution in [0.15, 0.2) is 18.2 Å². The van der Waals surface area contributed by atoms with Crippen LogP contribution in [0.3, 0.4) is 0 Å². The number of benzene rings is 1. The number of phenols is 1. The van der Waals surface area contributed by atoms with E-state index in [1.807, 2.05) is 6.92 Å². The summed E-state index contributed by atoms with van der Waals surface area (Å²) in [5.74, 6) is -0.223. The Morgan fingerprint density at radius 2 is 2.19 bits per heavy atom. The zero-order chi connectivity index (χ0) is 15.6. The molecule has 0 spiro atoms. The van der Waals surface area contributed by atoms with Gasteiger partial charge in [0.25, 0.3) is 0 Å². The number of rotatable bonds is 4. The van der Waals surface area contributed by atoms with E-state index in [9.17, 15) is 23.6 Å². The highest BCUT2D eigenvalue weighted by molar-refractivity contribution is 7.90. The summed E-state index contributed by atoms with van der Waals surface area (Å²) in [6.07, 6.45) is 1.77. The number of hydrogen-bond acceptors (Lipinski definition) is 5. The van der Waals surface area contributed by atoms with Crippen LogP contribution in [0.25, 0.3) is 0 Å². The van der Waals surface area contributed by atoms with E-state index in [0.29, 0.717) is 13.1 Å². The molecule has 2 rings (SSSR count). The van der Waals surface area contributed by atoms with Crippen molar-refractivity contribution in [3.05, 3.63) is 28.3 Å². The van der Waals surface area contributed by atoms with Gasteiger partial charge in [0, 0.05) is 19.2 Å². The Kier molecular flexibility index (Phi) is 4.33. The lowest BCUT2D eigenvalue weighted by atomic mass is 10.0. The van der Waals surface area contributed by atoms with E-state index in [-0.39, 0.29) is 11.6 Å². The predicted octanol–water partition coefficient (Wildman–Crippen LogP) is 1.69. The molecule has 0 saturated carbocycles. The van der Waals surface area contributed by atoms with Crippen LogP contribution in [0, 0.1) is 16.0 Å². The van der Waals surface area contributed by atoms with E-state index in [0.717, 1.165) is 25.0 Å². The first-order valence-corrected chi connectivity index (χ1v) is 7.99. The lowest BCUT2D eigenvalue weighted by Crippen LogP contribution is -2.42. The Hall–Kier alpha value is -1.87. The zero-order valence-corrected chi connectivity index (χ0v) is 12.3. The lowest BCUT2D eigenvalue weighted by Gasteiger charge is -2.30. The Balaban J connectivity index is 2.20. The van der Waals surface area contributed by atoms with Gasteiger partial charge in [0.2, 0.25) is 0 Å². The number of nitro groups is 1. The molecule has 8 nitrogen and oxygen atoms in total. The van der Waals surface area contributed by atoms with Gasteiger partial charge in [0.1, 0.15) is 0 Å². The third-order valence-electron chi connectivity index (χ3n) is 3.38. The molecule has 0 bridgehead atoms. The van der Waals surface area contributed by atoms with Gasteiger partial charge >= 0.3 is 15.9 Å². The highest BCUT2D eigenvalue weighted by atomic mass is 32.2. The Morgan fingerprint density at radius 1 is 1.48 bits per heavy atom. The minimum absolute atomic E-state index is 0.0535. The zero-order valence-electron chi connectivity index (χ0n) is 11.5. The van der Waals surface area contributed by atoms with Crippen molar-refractivity contribution < 1.29 is 18.4 Å². The molecule has 1 heterocycles. The molecule has 1 aromatic rings. The standard InChI is InChI=1S/C12H17N3O5S/c1-9-3-2-6-14(8-9)21(19,20)13-10-4-5-12(16)11(7-10)15(17)18/h4-5,7,9,13,16H,2-3,6,8H2,1H3. The second-order valence-electron chi connectivity index (χ2n) is 5.17. The molecule has 1 fully saturated rings. The van der Waals surface area contributed by atoms with E-state index in [2.05, 4.69) is 4.72 Å². The van der Waals surface area contributed by atoms with Crippen LogP contribution >= 0.6 is 0 Å². The molecule has 116 valence electrons. The highest BCUT2D eigenvalue weighted by Gasteiger charge is 2.27. The van der Waals surface area contributed by atoms with Gasteiger partial charge in [-0.3, -0.25) is 14.8 Å². The molecule has 1 saturated heterocycles. The van der Waals surface area contributed by atoms with Crippen molar-refractivity contribution >= 4 is 21.6 Å². The molecule has 0 radical (unpaired) electrons. The monoisotopic (exact) mass is 315 g/mol. The third kappa shape index (κ3) is 3.61. The van der Waals surface area contributed by atoms with E-state index >= 15 is 0 Å². The largest absolute Gasteiger partial charge is 0.502 e. The Morgan fingerprint density at radius 3 is 2.81 bits per heavy atom. The van der Waals surface area contributed by atoms with Crippen LogP contribution in [0.2, 0.25) is 0 Å². The smallest absolute Gasteiger partial charge is 0.312 e. The predicted molar refractivity (Wildman–Crippen MR) is 77.3 cm³/mol. The van der Waals surface area contributed by atoms with E-state index < -0.39 is 26.6 Å². The number of piperidine rings is 1. The van der Waals surface area contributed by atoms with Crippen LogP contribution in [-0.4, -0.2) is 35.8 Å². The van der Waals surface area contributed by atoms with Gasteiger partial charge in [-0.15, -0.1) is 0 Å². The van der Waals surface area contributed by atoms with Gasteiger partial charge < -0.3 is 5.11 Å². The number of nitro benzene ring substituents is 1. The quantitative estimate of drug-likeness (QED) is 0.498. The van der Waals surface area contributed by atoms with Crippen molar-refractivity contribution in [2.24, 2.45) is 5.92 Å². The van der Waals surface area contributed by atoms with Gasteiger partial charge in [-0.2, -0.15) is 12.7 Å². The van der Waals surface area contributed by atoms with Crippen LogP contribution in [0.1, 0.15) is 19.8 Å². The molecule has 0 aliphatic carbocycles. The summed E-state index contributed by atoms with van der Waals surface area (Å²) in [5.41, 5.74) is -0.486. The van der Waals surface area contributed by atoms with Crippen LogP contribution < -0.4 is 4.72 Å². The number of anilines is 1. The molecule has 21 heavy (non-hydrogen) atoms. The summed E-state index contributed by atoms with van der Waals surface area (Å²) in [7, 11) is -3.75. The van der Waals surface area contributed by atoms with E-state index in [1.54, 1.807) is 0 Å². The van der Waals surface area contributed by atoms with Crippen molar-refractivity contribution in [1.82, 2.24) is 4.31 Å². The summed E-state index contributed by atoms with van der Waals surface area (Å²) < 4.78 is 28.1. The summed E-state index contributed by atoms with van der Waals surface area (Å²) in [4.78, 5) is 9.97. The molecule has 1 unspecified atom stereocenters. The lowest BCUT2D eigenvalue weighted by molar-refractivity contribution is -0.385. The van der Waals surface area contributed by atoms with E-state index in [4.69, 9.17) is 0 Å². The molecule has 1 atom stereocenters. The minimum Gasteiger partial charge on any atom is -0.502 e. The van der Waals surface area contributed by atoms with Crippen molar-refractivity contribution in [3.63, 3.8) is 0 Å². The second-order valence-corrected chi connectivity index (χ2v) is 6.84. The molecule has 1 aromatic carbocycles. The van der Waals surface area contributed by atoms with Crippen LogP contribution in [-0.2, 0) is 10.2 Å². The first-order valence-electron chi connectivity index (χ1n) is 6.55. The van der Waals surface area contributed by atoms with Gasteiger partial charge in [-0.1, -0.05) is 6.92 Å². The topological polar surface area (TPSA) is 113 Å². The van der Waals surface area contributed by atoms with Gasteiger partial charge in [-0.25, -0.2) is 0 Å². The number of nitrogens with one attached hydrogen (secondary N) is 1. The van der Waals surface area contributed by atoms with E-state index in [1.165, 1.54) is 10.4 Å².